The Bertz CT molecular complexity index is 1200. The molecule has 3 aromatic carbocycles. The van der Waals surface area contributed by atoms with Gasteiger partial charge in [-0.3, -0.25) is 4.28 Å². The van der Waals surface area contributed by atoms with Crippen molar-refractivity contribution < 1.29 is 22.5 Å². The number of aliphatic hydroxyl groups is 1. The Balaban J connectivity index is 1.81. The molecule has 0 aromatic heterocycles. The first-order valence-electron chi connectivity index (χ1n) is 9.31. The molecule has 1 heterocycles. The molecule has 1 unspecified atom stereocenters. The minimum Gasteiger partial charge on any atom is -0.483 e. The van der Waals surface area contributed by atoms with E-state index in [1.807, 2.05) is 50.2 Å². The smallest absolute Gasteiger partial charge is 0.358 e. The molecule has 0 fully saturated rings. The van der Waals surface area contributed by atoms with Gasteiger partial charge in [-0.2, -0.15) is 8.42 Å². The monoisotopic (exact) mass is 411 g/mol. The average Bonchev–Trinajstić information content (AvgIpc) is 3.12. The summed E-state index contributed by atoms with van der Waals surface area (Å²) in [7, 11) is -4.20. The Labute approximate surface area is 169 Å². The molecule has 1 aliphatic heterocycles. The Kier molecular flexibility index (Phi) is 5.02. The lowest BCUT2D eigenvalue weighted by atomic mass is 9.95. The molecule has 1 aliphatic rings. The molecule has 3 aromatic rings. The molecule has 0 saturated heterocycles. The second kappa shape index (κ2) is 7.50. The topological polar surface area (TPSA) is 85.2 Å². The summed E-state index contributed by atoms with van der Waals surface area (Å²) >= 11 is 0. The molecule has 1 N–H and O–H groups in total. The fourth-order valence-electron chi connectivity index (χ4n) is 3.51. The number of aliphatic hydroxyl groups excluding tert-OH is 1. The van der Waals surface area contributed by atoms with Crippen molar-refractivity contribution in [2.75, 3.05) is 0 Å². The molecule has 7 heteroatoms. The quantitative estimate of drug-likeness (QED) is 0.645. The first-order valence-corrected chi connectivity index (χ1v) is 10.7. The van der Waals surface area contributed by atoms with Crippen LogP contribution in [0.2, 0.25) is 0 Å². The van der Waals surface area contributed by atoms with Crippen molar-refractivity contribution in [1.82, 2.24) is 0 Å². The van der Waals surface area contributed by atoms with Crippen LogP contribution in [0, 0.1) is 5.92 Å². The number of ether oxygens (including phenoxy) is 1. The first kappa shape index (κ1) is 19.4. The highest BCUT2D eigenvalue weighted by atomic mass is 32.2. The van der Waals surface area contributed by atoms with Gasteiger partial charge in [0.05, 0.1) is 12.2 Å². The predicted octanol–water partition coefficient (Wildman–Crippen LogP) is 3.86. The van der Waals surface area contributed by atoms with Crippen molar-refractivity contribution in [3.05, 3.63) is 71.8 Å². The first-order chi connectivity index (χ1) is 13.9. The summed E-state index contributed by atoms with van der Waals surface area (Å²) in [6.45, 7) is 3.54. The van der Waals surface area contributed by atoms with Crippen LogP contribution in [0.4, 0.5) is 0 Å². The molecule has 0 saturated carbocycles. The molecular weight excluding hydrogens is 390 g/mol. The number of oxime groups is 1. The summed E-state index contributed by atoms with van der Waals surface area (Å²) in [5.41, 5.74) is 1.44. The third-order valence-electron chi connectivity index (χ3n) is 4.92. The standard InChI is InChI=1S/C22H21NO5S/c1-14(2)22-21(20-17-9-5-3-7-15(17)11-12-18(20)27-22)23-28-29(25,26)19-10-6-4-8-16(19)13-24/h3-12,14,22,24H,13H2,1-2H3/b23-21-. The van der Waals surface area contributed by atoms with Gasteiger partial charge in [-0.15, -0.1) is 0 Å². The third-order valence-corrected chi connectivity index (χ3v) is 6.13. The van der Waals surface area contributed by atoms with E-state index in [4.69, 9.17) is 9.02 Å². The largest absolute Gasteiger partial charge is 0.483 e. The summed E-state index contributed by atoms with van der Waals surface area (Å²) in [5.74, 6) is 0.703. The summed E-state index contributed by atoms with van der Waals surface area (Å²) in [6.07, 6.45) is -0.431. The lowest BCUT2D eigenvalue weighted by Gasteiger charge is -2.15. The van der Waals surface area contributed by atoms with Crippen LogP contribution < -0.4 is 4.74 Å². The van der Waals surface area contributed by atoms with Gasteiger partial charge in [-0.05, 0) is 34.4 Å². The lowest BCUT2D eigenvalue weighted by Crippen LogP contribution is -2.28. The third kappa shape index (κ3) is 3.47. The molecule has 0 spiro atoms. The molecule has 1 atom stereocenters. The molecule has 6 nitrogen and oxygen atoms in total. The van der Waals surface area contributed by atoms with Gasteiger partial charge in [-0.1, -0.05) is 67.5 Å². The zero-order chi connectivity index (χ0) is 20.6. The summed E-state index contributed by atoms with van der Waals surface area (Å²) < 4.78 is 36.6. The molecule has 150 valence electrons. The van der Waals surface area contributed by atoms with Crippen LogP contribution in [0.15, 0.2) is 70.7 Å². The summed E-state index contributed by atoms with van der Waals surface area (Å²) in [6, 6.07) is 17.7. The predicted molar refractivity (Wildman–Crippen MR) is 110 cm³/mol. The fraction of sp³-hybridized carbons (Fsp3) is 0.227. The molecule has 4 rings (SSSR count). The van der Waals surface area contributed by atoms with Gasteiger partial charge < -0.3 is 9.84 Å². The van der Waals surface area contributed by atoms with Gasteiger partial charge in [0, 0.05) is 0 Å². The number of hydrogen-bond donors (Lipinski definition) is 1. The van der Waals surface area contributed by atoms with E-state index in [2.05, 4.69) is 5.16 Å². The Hall–Kier alpha value is -2.90. The highest BCUT2D eigenvalue weighted by Gasteiger charge is 2.35. The van der Waals surface area contributed by atoms with Crippen LogP contribution in [0.3, 0.4) is 0 Å². The van der Waals surface area contributed by atoms with E-state index in [1.165, 1.54) is 12.1 Å². The van der Waals surface area contributed by atoms with Gasteiger partial charge >= 0.3 is 10.1 Å². The lowest BCUT2D eigenvalue weighted by molar-refractivity contribution is 0.224. The highest BCUT2D eigenvalue weighted by Crippen LogP contribution is 2.37. The van der Waals surface area contributed by atoms with Crippen LogP contribution >= 0.6 is 0 Å². The Morgan fingerprint density at radius 1 is 1.07 bits per heavy atom. The van der Waals surface area contributed by atoms with Crippen LogP contribution in [0.5, 0.6) is 5.75 Å². The normalized spacial score (nSPS) is 17.5. The van der Waals surface area contributed by atoms with E-state index < -0.39 is 22.8 Å². The van der Waals surface area contributed by atoms with Crippen molar-refractivity contribution in [1.29, 1.82) is 0 Å². The summed E-state index contributed by atoms with van der Waals surface area (Å²) in [4.78, 5) is -0.106. The fourth-order valence-corrected chi connectivity index (χ4v) is 4.46. The van der Waals surface area contributed by atoms with E-state index in [0.717, 1.165) is 16.3 Å². The zero-order valence-corrected chi connectivity index (χ0v) is 16.9. The molecule has 0 radical (unpaired) electrons. The van der Waals surface area contributed by atoms with Gasteiger partial charge in [0.2, 0.25) is 0 Å². The maximum atomic E-state index is 12.7. The summed E-state index contributed by atoms with van der Waals surface area (Å²) in [5, 5.41) is 15.4. The van der Waals surface area contributed by atoms with Crippen molar-refractivity contribution in [3.63, 3.8) is 0 Å². The molecular formula is C22H21NO5S. The minimum absolute atomic E-state index is 0.0518. The van der Waals surface area contributed by atoms with Crippen molar-refractivity contribution in [3.8, 4) is 5.75 Å². The van der Waals surface area contributed by atoms with E-state index in [0.29, 0.717) is 11.5 Å². The van der Waals surface area contributed by atoms with Gasteiger partial charge in [0.25, 0.3) is 0 Å². The molecule has 29 heavy (non-hydrogen) atoms. The second-order valence-corrected chi connectivity index (χ2v) is 8.71. The number of hydrogen-bond acceptors (Lipinski definition) is 6. The second-order valence-electron chi connectivity index (χ2n) is 7.21. The molecule has 0 amide bonds. The van der Waals surface area contributed by atoms with Crippen molar-refractivity contribution in [2.24, 2.45) is 11.1 Å². The maximum absolute atomic E-state index is 12.7. The van der Waals surface area contributed by atoms with Crippen molar-refractivity contribution in [2.45, 2.75) is 31.5 Å². The van der Waals surface area contributed by atoms with Crippen LogP contribution in [-0.2, 0) is 21.0 Å². The SMILES string of the molecule is CC(C)C1Oc2ccc3ccccc3c2/C1=N/OS(=O)(=O)c1ccccc1CO. The maximum Gasteiger partial charge on any atom is 0.358 e. The zero-order valence-electron chi connectivity index (χ0n) is 16.1. The Morgan fingerprint density at radius 2 is 1.79 bits per heavy atom. The van der Waals surface area contributed by atoms with Gasteiger partial charge in [0.1, 0.15) is 22.5 Å². The van der Waals surface area contributed by atoms with Gasteiger partial charge in [-0.25, -0.2) is 0 Å². The minimum atomic E-state index is -4.20. The van der Waals surface area contributed by atoms with Crippen LogP contribution in [0.25, 0.3) is 10.8 Å². The van der Waals surface area contributed by atoms with Gasteiger partial charge in [0.15, 0.2) is 0 Å². The number of rotatable bonds is 5. The van der Waals surface area contributed by atoms with E-state index in [9.17, 15) is 13.5 Å². The molecule has 0 aliphatic carbocycles. The highest BCUT2D eigenvalue weighted by molar-refractivity contribution is 7.86. The number of fused-ring (bicyclic) bond motifs is 3. The number of nitrogens with zero attached hydrogens (tertiary/aromatic N) is 1. The van der Waals surface area contributed by atoms with Crippen molar-refractivity contribution >= 4 is 26.6 Å². The van der Waals surface area contributed by atoms with E-state index >= 15 is 0 Å². The Morgan fingerprint density at radius 3 is 2.55 bits per heavy atom. The van der Waals surface area contributed by atoms with E-state index in [1.54, 1.807) is 12.1 Å². The average molecular weight is 411 g/mol. The van der Waals surface area contributed by atoms with Crippen LogP contribution in [-0.4, -0.2) is 25.3 Å². The van der Waals surface area contributed by atoms with E-state index in [-0.39, 0.29) is 16.4 Å². The van der Waals surface area contributed by atoms with Crippen LogP contribution in [0.1, 0.15) is 25.0 Å². The number of benzene rings is 3. The molecule has 0 bridgehead atoms.